The predicted molar refractivity (Wildman–Crippen MR) is 33.8 cm³/mol. The van der Waals surface area contributed by atoms with E-state index in [0.29, 0.717) is 12.3 Å². The number of hydrogen-bond acceptors (Lipinski definition) is 2. The van der Waals surface area contributed by atoms with E-state index in [9.17, 15) is 4.79 Å². The Bertz CT molecular complexity index is 62.9. The van der Waals surface area contributed by atoms with Gasteiger partial charge in [-0.2, -0.15) is 0 Å². The Kier molecular flexibility index (Phi) is 4.56. The molecule has 1 rings (SSSR count). The zero-order chi connectivity index (χ0) is 6.41. The maximum absolute atomic E-state index is 10.2. The van der Waals surface area contributed by atoms with Gasteiger partial charge in [-0.25, -0.2) is 0 Å². The Balaban J connectivity index is 0.000000222. The first-order chi connectivity index (χ1) is 3.89. The predicted octanol–water partition coefficient (Wildman–Crippen LogP) is 0.575. The van der Waals surface area contributed by atoms with Crippen molar-refractivity contribution >= 4 is 5.78 Å². The number of nitrogens with one attached hydrogen (secondary N) is 1. The average molecular weight is 115 g/mol. The largest absolute Gasteiger partial charge is 0.310 e. The molecule has 1 heterocycles. The third kappa shape index (κ3) is 2.75. The molecule has 2 nitrogen and oxygen atoms in total. The van der Waals surface area contributed by atoms with Crippen LogP contribution in [0.1, 0.15) is 20.3 Å². The van der Waals surface area contributed by atoms with Crippen LogP contribution in [0.15, 0.2) is 0 Å². The Labute approximate surface area is 50.3 Å². The van der Waals surface area contributed by atoms with E-state index < -0.39 is 0 Å². The van der Waals surface area contributed by atoms with Gasteiger partial charge in [-0.15, -0.1) is 0 Å². The molecule has 1 aliphatic rings. The molecule has 0 radical (unpaired) electrons. The van der Waals surface area contributed by atoms with Crippen molar-refractivity contribution in [3.05, 3.63) is 0 Å². The highest BCUT2D eigenvalue weighted by Crippen LogP contribution is 1.85. The second-order valence-electron chi connectivity index (χ2n) is 1.47. The topological polar surface area (TPSA) is 29.1 Å². The molecule has 0 aromatic rings. The fourth-order valence-corrected chi connectivity index (χ4v) is 0.544. The smallest absolute Gasteiger partial charge is 0.147 e. The zero-order valence-corrected chi connectivity index (χ0v) is 5.53. The first-order valence-corrected chi connectivity index (χ1v) is 3.12. The summed E-state index contributed by atoms with van der Waals surface area (Å²) in [6.45, 7) is 5.48. The van der Waals surface area contributed by atoms with E-state index in [1.807, 2.05) is 13.8 Å². The Morgan fingerprint density at radius 1 is 1.50 bits per heavy atom. The Hall–Kier alpha value is -0.370. The summed E-state index contributed by atoms with van der Waals surface area (Å²) in [4.78, 5) is 10.2. The van der Waals surface area contributed by atoms with Crippen LogP contribution >= 0.6 is 0 Å². The fourth-order valence-electron chi connectivity index (χ4n) is 0.544. The van der Waals surface area contributed by atoms with Crippen molar-refractivity contribution in [2.75, 3.05) is 13.1 Å². The molecule has 0 unspecified atom stereocenters. The number of rotatable bonds is 0. The van der Waals surface area contributed by atoms with E-state index in [-0.39, 0.29) is 0 Å². The molecule has 1 saturated heterocycles. The van der Waals surface area contributed by atoms with Gasteiger partial charge in [-0.05, 0) is 0 Å². The van der Waals surface area contributed by atoms with Crippen molar-refractivity contribution in [3.8, 4) is 0 Å². The van der Waals surface area contributed by atoms with Crippen LogP contribution in [0.25, 0.3) is 0 Å². The summed E-state index contributed by atoms with van der Waals surface area (Å²) in [7, 11) is 0. The van der Waals surface area contributed by atoms with Gasteiger partial charge in [0, 0.05) is 13.0 Å². The van der Waals surface area contributed by atoms with Crippen molar-refractivity contribution in [2.24, 2.45) is 0 Å². The van der Waals surface area contributed by atoms with Gasteiger partial charge in [-0.3, -0.25) is 4.79 Å². The third-order valence-corrected chi connectivity index (χ3v) is 0.903. The maximum Gasteiger partial charge on any atom is 0.147 e. The monoisotopic (exact) mass is 115 g/mol. The van der Waals surface area contributed by atoms with E-state index in [1.54, 1.807) is 0 Å². The molecular weight excluding hydrogens is 102 g/mol. The van der Waals surface area contributed by atoms with Gasteiger partial charge in [0.05, 0.1) is 6.54 Å². The lowest BCUT2D eigenvalue weighted by atomic mass is 10.4. The minimum atomic E-state index is 0.343. The van der Waals surface area contributed by atoms with Gasteiger partial charge in [-0.1, -0.05) is 13.8 Å². The molecule has 48 valence electrons. The number of Topliss-reactive ketones (excluding diaryl/α,β-unsaturated/α-hetero) is 1. The van der Waals surface area contributed by atoms with Crippen LogP contribution < -0.4 is 5.32 Å². The van der Waals surface area contributed by atoms with Gasteiger partial charge in [0.1, 0.15) is 5.78 Å². The molecule has 1 N–H and O–H groups in total. The van der Waals surface area contributed by atoms with Crippen molar-refractivity contribution in [2.45, 2.75) is 20.3 Å². The molecule has 1 aliphatic heterocycles. The lowest BCUT2D eigenvalue weighted by Crippen LogP contribution is -2.07. The number of carbonyl (C=O) groups is 1. The Morgan fingerprint density at radius 2 is 2.12 bits per heavy atom. The summed E-state index contributed by atoms with van der Waals surface area (Å²) in [5, 5.41) is 2.92. The van der Waals surface area contributed by atoms with Crippen LogP contribution in [0, 0.1) is 0 Å². The highest BCUT2D eigenvalue weighted by Gasteiger charge is 2.06. The number of ketones is 1. The van der Waals surface area contributed by atoms with Crippen LogP contribution in [0.2, 0.25) is 0 Å². The van der Waals surface area contributed by atoms with Crippen LogP contribution in [-0.2, 0) is 4.79 Å². The maximum atomic E-state index is 10.2. The number of hydrogen-bond donors (Lipinski definition) is 1. The van der Waals surface area contributed by atoms with Crippen molar-refractivity contribution < 1.29 is 4.79 Å². The summed E-state index contributed by atoms with van der Waals surface area (Å²) >= 11 is 0. The lowest BCUT2D eigenvalue weighted by Gasteiger charge is -1.75. The quantitative estimate of drug-likeness (QED) is 0.500. The van der Waals surface area contributed by atoms with Gasteiger partial charge < -0.3 is 5.32 Å². The van der Waals surface area contributed by atoms with Crippen LogP contribution in [-0.4, -0.2) is 18.9 Å². The third-order valence-electron chi connectivity index (χ3n) is 0.903. The molecule has 1 fully saturated rings. The summed E-state index contributed by atoms with van der Waals surface area (Å²) in [6, 6.07) is 0. The zero-order valence-electron chi connectivity index (χ0n) is 5.53. The summed E-state index contributed by atoms with van der Waals surface area (Å²) < 4.78 is 0. The minimum absolute atomic E-state index is 0.343. The van der Waals surface area contributed by atoms with Crippen LogP contribution in [0.5, 0.6) is 0 Å². The minimum Gasteiger partial charge on any atom is -0.310 e. The van der Waals surface area contributed by atoms with Crippen LogP contribution in [0.4, 0.5) is 0 Å². The van der Waals surface area contributed by atoms with Crippen molar-refractivity contribution in [1.29, 1.82) is 0 Å². The highest BCUT2D eigenvalue weighted by molar-refractivity contribution is 5.82. The van der Waals surface area contributed by atoms with E-state index in [1.165, 1.54) is 0 Å². The van der Waals surface area contributed by atoms with Gasteiger partial charge in [0.15, 0.2) is 0 Å². The molecule has 0 aromatic heterocycles. The van der Waals surface area contributed by atoms with Gasteiger partial charge >= 0.3 is 0 Å². The summed E-state index contributed by atoms with van der Waals surface area (Å²) in [5.74, 6) is 0.343. The first-order valence-electron chi connectivity index (χ1n) is 3.12. The lowest BCUT2D eigenvalue weighted by molar-refractivity contribution is -0.116. The molecule has 0 aromatic carbocycles. The molecule has 0 saturated carbocycles. The second-order valence-corrected chi connectivity index (χ2v) is 1.47. The van der Waals surface area contributed by atoms with E-state index in [0.717, 1.165) is 13.0 Å². The molecular formula is C6H13NO. The molecule has 0 atom stereocenters. The Morgan fingerprint density at radius 3 is 2.25 bits per heavy atom. The molecule has 0 bridgehead atoms. The molecule has 2 heteroatoms. The SMILES string of the molecule is CC.O=C1CCNC1. The number of carbonyl (C=O) groups excluding carboxylic acids is 1. The fraction of sp³-hybridized carbons (Fsp3) is 0.833. The average Bonchev–Trinajstić information content (AvgIpc) is 2.24. The van der Waals surface area contributed by atoms with Crippen molar-refractivity contribution in [3.63, 3.8) is 0 Å². The summed E-state index contributed by atoms with van der Waals surface area (Å²) in [6.07, 6.45) is 0.736. The van der Waals surface area contributed by atoms with Crippen LogP contribution in [0.3, 0.4) is 0 Å². The molecule has 0 spiro atoms. The second kappa shape index (κ2) is 4.78. The standard InChI is InChI=1S/C4H7NO.C2H6/c6-4-1-2-5-3-4;1-2/h5H,1-3H2;1-2H3. The first kappa shape index (κ1) is 7.63. The van der Waals surface area contributed by atoms with E-state index in [2.05, 4.69) is 5.32 Å². The van der Waals surface area contributed by atoms with E-state index in [4.69, 9.17) is 0 Å². The van der Waals surface area contributed by atoms with Gasteiger partial charge in [0.2, 0.25) is 0 Å². The van der Waals surface area contributed by atoms with E-state index >= 15 is 0 Å². The highest BCUT2D eigenvalue weighted by atomic mass is 16.1. The molecule has 0 aliphatic carbocycles. The molecule has 0 amide bonds. The molecule has 8 heavy (non-hydrogen) atoms. The summed E-state index contributed by atoms with van der Waals surface area (Å²) in [5.41, 5.74) is 0. The van der Waals surface area contributed by atoms with Crippen molar-refractivity contribution in [1.82, 2.24) is 5.32 Å². The van der Waals surface area contributed by atoms with Gasteiger partial charge in [0.25, 0.3) is 0 Å². The normalized spacial score (nSPS) is 17.5.